The van der Waals surface area contributed by atoms with Crippen molar-refractivity contribution < 1.29 is 14.4 Å². The third-order valence-corrected chi connectivity index (χ3v) is 2.99. The van der Waals surface area contributed by atoms with E-state index in [0.29, 0.717) is 12.3 Å². The SMILES string of the molecule is CCC(CC1CC1)N1C(=O)NC(=O)C1=O. The van der Waals surface area contributed by atoms with Gasteiger partial charge < -0.3 is 0 Å². The van der Waals surface area contributed by atoms with E-state index in [1.807, 2.05) is 12.2 Å². The summed E-state index contributed by atoms with van der Waals surface area (Å²) in [5, 5.41) is 2.02. The van der Waals surface area contributed by atoms with E-state index in [2.05, 4.69) is 0 Å². The number of amides is 4. The van der Waals surface area contributed by atoms with Gasteiger partial charge in [0.2, 0.25) is 0 Å². The lowest BCUT2D eigenvalue weighted by Crippen LogP contribution is -2.40. The topological polar surface area (TPSA) is 66.5 Å². The molecule has 5 nitrogen and oxygen atoms in total. The molecule has 1 saturated heterocycles. The molecule has 1 saturated carbocycles. The standard InChI is InChI=1S/C10H14N2O3/c1-2-7(5-6-3-4-6)12-9(14)8(13)11-10(12)15/h6-7H,2-5H2,1H3,(H,11,13,15). The molecule has 82 valence electrons. The fourth-order valence-corrected chi connectivity index (χ4v) is 1.94. The lowest BCUT2D eigenvalue weighted by Gasteiger charge is -2.22. The van der Waals surface area contributed by atoms with E-state index >= 15 is 0 Å². The molecule has 0 aromatic rings. The second kappa shape index (κ2) is 3.64. The van der Waals surface area contributed by atoms with Crippen LogP contribution in [0.2, 0.25) is 0 Å². The molecule has 1 heterocycles. The van der Waals surface area contributed by atoms with Crippen molar-refractivity contribution >= 4 is 17.8 Å². The molecule has 1 aliphatic carbocycles. The molecule has 2 aliphatic rings. The molecular weight excluding hydrogens is 196 g/mol. The number of carbonyl (C=O) groups is 3. The predicted octanol–water partition coefficient (Wildman–Crippen LogP) is 0.643. The van der Waals surface area contributed by atoms with Crippen LogP contribution in [0.4, 0.5) is 4.79 Å². The molecule has 15 heavy (non-hydrogen) atoms. The first-order valence-corrected chi connectivity index (χ1v) is 5.32. The van der Waals surface area contributed by atoms with Crippen molar-refractivity contribution in [3.63, 3.8) is 0 Å². The maximum absolute atomic E-state index is 11.4. The fourth-order valence-electron chi connectivity index (χ4n) is 1.94. The summed E-state index contributed by atoms with van der Waals surface area (Å²) in [5.74, 6) is -0.868. The Hall–Kier alpha value is -1.39. The first kappa shape index (κ1) is 10.1. The van der Waals surface area contributed by atoms with E-state index in [0.717, 1.165) is 11.3 Å². The third kappa shape index (κ3) is 1.86. The van der Waals surface area contributed by atoms with Gasteiger partial charge in [0.05, 0.1) is 0 Å². The van der Waals surface area contributed by atoms with Crippen LogP contribution in [0.3, 0.4) is 0 Å². The van der Waals surface area contributed by atoms with Gasteiger partial charge in [-0.15, -0.1) is 0 Å². The van der Waals surface area contributed by atoms with Crippen LogP contribution >= 0.6 is 0 Å². The Morgan fingerprint density at radius 2 is 2.07 bits per heavy atom. The number of hydrogen-bond donors (Lipinski definition) is 1. The average Bonchev–Trinajstić information content (AvgIpc) is 2.96. The molecule has 1 unspecified atom stereocenters. The minimum Gasteiger partial charge on any atom is -0.269 e. The van der Waals surface area contributed by atoms with E-state index in [9.17, 15) is 14.4 Å². The van der Waals surface area contributed by atoms with Gasteiger partial charge in [0.15, 0.2) is 0 Å². The number of rotatable bonds is 4. The summed E-state index contributed by atoms with van der Waals surface area (Å²) in [7, 11) is 0. The third-order valence-electron chi connectivity index (χ3n) is 2.99. The predicted molar refractivity (Wildman–Crippen MR) is 51.8 cm³/mol. The number of urea groups is 1. The van der Waals surface area contributed by atoms with E-state index in [1.54, 1.807) is 0 Å². The number of nitrogens with zero attached hydrogens (tertiary/aromatic N) is 1. The minimum atomic E-state index is -0.797. The molecule has 1 N–H and O–H groups in total. The molecule has 2 fully saturated rings. The summed E-state index contributed by atoms with van der Waals surface area (Å²) in [6.07, 6.45) is 3.90. The average molecular weight is 210 g/mol. The zero-order chi connectivity index (χ0) is 11.0. The molecule has 5 heteroatoms. The Bertz CT molecular complexity index is 323. The molecule has 0 radical (unpaired) electrons. The highest BCUT2D eigenvalue weighted by Gasteiger charge is 2.42. The van der Waals surface area contributed by atoms with Crippen LogP contribution in [0, 0.1) is 5.92 Å². The molecule has 1 atom stereocenters. The van der Waals surface area contributed by atoms with Crippen LogP contribution in [0.25, 0.3) is 0 Å². The highest BCUT2D eigenvalue weighted by atomic mass is 16.2. The Labute approximate surface area is 87.8 Å². The van der Waals surface area contributed by atoms with Crippen LogP contribution in [0.15, 0.2) is 0 Å². The zero-order valence-corrected chi connectivity index (χ0v) is 8.66. The van der Waals surface area contributed by atoms with Crippen molar-refractivity contribution in [3.05, 3.63) is 0 Å². The molecule has 0 aromatic carbocycles. The van der Waals surface area contributed by atoms with Gasteiger partial charge in [-0.3, -0.25) is 19.8 Å². The molecule has 0 bridgehead atoms. The highest BCUT2D eigenvalue weighted by Crippen LogP contribution is 2.35. The van der Waals surface area contributed by atoms with Gasteiger partial charge in [0.25, 0.3) is 0 Å². The zero-order valence-electron chi connectivity index (χ0n) is 8.66. The summed E-state index contributed by atoms with van der Waals surface area (Å²) in [6, 6.07) is -0.672. The number of hydrogen-bond acceptors (Lipinski definition) is 3. The van der Waals surface area contributed by atoms with Gasteiger partial charge >= 0.3 is 17.8 Å². The van der Waals surface area contributed by atoms with Crippen LogP contribution in [-0.4, -0.2) is 28.8 Å². The quantitative estimate of drug-likeness (QED) is 0.547. The van der Waals surface area contributed by atoms with Crippen LogP contribution in [0.1, 0.15) is 32.6 Å². The van der Waals surface area contributed by atoms with Gasteiger partial charge in [0.1, 0.15) is 0 Å². The van der Waals surface area contributed by atoms with Crippen molar-refractivity contribution in [2.45, 2.75) is 38.6 Å². The first-order chi connectivity index (χ1) is 7.13. The monoisotopic (exact) mass is 210 g/mol. The van der Waals surface area contributed by atoms with Crippen LogP contribution in [-0.2, 0) is 9.59 Å². The maximum atomic E-state index is 11.4. The summed E-state index contributed by atoms with van der Waals surface area (Å²) in [6.45, 7) is 1.93. The normalized spacial score (nSPS) is 23.3. The Balaban J connectivity index is 2.08. The highest BCUT2D eigenvalue weighted by molar-refractivity contribution is 6.44. The van der Waals surface area contributed by atoms with Crippen molar-refractivity contribution in [1.82, 2.24) is 10.2 Å². The van der Waals surface area contributed by atoms with E-state index in [4.69, 9.17) is 0 Å². The van der Waals surface area contributed by atoms with E-state index in [-0.39, 0.29) is 6.04 Å². The first-order valence-electron chi connectivity index (χ1n) is 5.32. The van der Waals surface area contributed by atoms with Gasteiger partial charge in [-0.05, 0) is 18.8 Å². The van der Waals surface area contributed by atoms with Gasteiger partial charge in [-0.2, -0.15) is 0 Å². The van der Waals surface area contributed by atoms with Gasteiger partial charge in [0, 0.05) is 6.04 Å². The maximum Gasteiger partial charge on any atom is 0.331 e. The van der Waals surface area contributed by atoms with Gasteiger partial charge in [-0.1, -0.05) is 19.8 Å². The van der Waals surface area contributed by atoms with Crippen LogP contribution in [0.5, 0.6) is 0 Å². The fraction of sp³-hybridized carbons (Fsp3) is 0.700. The van der Waals surface area contributed by atoms with Crippen molar-refractivity contribution in [1.29, 1.82) is 0 Å². The van der Waals surface area contributed by atoms with Gasteiger partial charge in [-0.25, -0.2) is 4.79 Å². The summed E-state index contributed by atoms with van der Waals surface area (Å²) in [4.78, 5) is 34.9. The largest absolute Gasteiger partial charge is 0.331 e. The molecule has 1 aliphatic heterocycles. The lowest BCUT2D eigenvalue weighted by atomic mass is 10.1. The Kier molecular flexibility index (Phi) is 2.46. The molecular formula is C10H14N2O3. The Morgan fingerprint density at radius 3 is 2.47 bits per heavy atom. The number of nitrogens with one attached hydrogen (secondary N) is 1. The second-order valence-corrected chi connectivity index (χ2v) is 4.18. The summed E-state index contributed by atoms with van der Waals surface area (Å²) >= 11 is 0. The molecule has 4 amide bonds. The molecule has 0 aromatic heterocycles. The van der Waals surface area contributed by atoms with Crippen molar-refractivity contribution in [2.75, 3.05) is 0 Å². The van der Waals surface area contributed by atoms with Crippen molar-refractivity contribution in [2.24, 2.45) is 5.92 Å². The lowest BCUT2D eigenvalue weighted by molar-refractivity contribution is -0.141. The van der Waals surface area contributed by atoms with E-state index < -0.39 is 17.8 Å². The number of imide groups is 2. The summed E-state index contributed by atoms with van der Waals surface area (Å²) < 4.78 is 0. The Morgan fingerprint density at radius 1 is 1.40 bits per heavy atom. The smallest absolute Gasteiger partial charge is 0.269 e. The van der Waals surface area contributed by atoms with Crippen molar-refractivity contribution in [3.8, 4) is 0 Å². The second-order valence-electron chi connectivity index (χ2n) is 4.18. The molecule has 2 rings (SSSR count). The number of carbonyl (C=O) groups excluding carboxylic acids is 3. The summed E-state index contributed by atoms with van der Waals surface area (Å²) in [5.41, 5.74) is 0. The minimum absolute atomic E-state index is 0.114. The van der Waals surface area contributed by atoms with Crippen LogP contribution < -0.4 is 5.32 Å². The molecule has 0 spiro atoms. The van der Waals surface area contributed by atoms with E-state index in [1.165, 1.54) is 12.8 Å².